The molecule has 40 heavy (non-hydrogen) atoms. The van der Waals surface area contributed by atoms with Crippen LogP contribution in [0.15, 0.2) is 23.3 Å². The number of fused-ring (bicyclic) bond motifs is 5. The number of ether oxygens (including phenoxy) is 1. The third-order valence-corrected chi connectivity index (χ3v) is 10.7. The lowest BCUT2D eigenvalue weighted by atomic mass is 9.63. The fraction of sp³-hybridized carbons (Fsp3) is 0.818. The molecule has 2 fully saturated rings. The molecule has 0 heterocycles. The van der Waals surface area contributed by atoms with Gasteiger partial charge in [0.05, 0.1) is 12.2 Å². The van der Waals surface area contributed by atoms with E-state index in [1.165, 1.54) is 51.4 Å². The molecule has 7 atom stereocenters. The Hall–Kier alpha value is -1.54. The van der Waals surface area contributed by atoms with Crippen molar-refractivity contribution in [2.45, 2.75) is 140 Å². The van der Waals surface area contributed by atoms with Gasteiger partial charge in [-0.1, -0.05) is 97.1 Å². The number of aliphatic hydroxyl groups excluding tert-OH is 1. The molecule has 0 aromatic heterocycles. The number of hydrogen-bond acceptors (Lipinski definition) is 7. The molecule has 0 spiro atoms. The van der Waals surface area contributed by atoms with Crippen molar-refractivity contribution in [1.82, 2.24) is 0 Å². The van der Waals surface area contributed by atoms with Gasteiger partial charge in [-0.3, -0.25) is 9.59 Å². The monoisotopic (exact) mass is 560 g/mol. The summed E-state index contributed by atoms with van der Waals surface area (Å²) in [5.41, 5.74) is -4.64. The molecule has 0 amide bonds. The smallest absolute Gasteiger partial charge is 0.306 e. The molecular weight excluding hydrogens is 508 g/mol. The summed E-state index contributed by atoms with van der Waals surface area (Å²) in [4.78, 5) is 26.0. The number of unbranched alkanes of at least 4 members (excludes halogenated alkanes) is 10. The normalized spacial score (nSPS) is 37.5. The second-order valence-corrected chi connectivity index (χ2v) is 13.8. The Morgan fingerprint density at radius 1 is 0.950 bits per heavy atom. The molecule has 226 valence electrons. The fourth-order valence-corrected chi connectivity index (χ4v) is 8.35. The maximum atomic E-state index is 13.0. The van der Waals surface area contributed by atoms with Crippen LogP contribution in [0.4, 0.5) is 0 Å². The zero-order chi connectivity index (χ0) is 29.3. The quantitative estimate of drug-likeness (QED) is 0.135. The Morgan fingerprint density at radius 2 is 1.52 bits per heavy atom. The third kappa shape index (κ3) is 5.36. The lowest BCUT2D eigenvalue weighted by Crippen LogP contribution is -2.61. The number of esters is 1. The first-order chi connectivity index (χ1) is 18.9. The van der Waals surface area contributed by atoms with Gasteiger partial charge in [-0.15, -0.1) is 0 Å². The maximum absolute atomic E-state index is 13.0. The van der Waals surface area contributed by atoms with Gasteiger partial charge in [0, 0.05) is 42.4 Å². The van der Waals surface area contributed by atoms with Crippen molar-refractivity contribution >= 4 is 11.8 Å². The van der Waals surface area contributed by atoms with Gasteiger partial charge in [-0.25, -0.2) is 0 Å². The summed E-state index contributed by atoms with van der Waals surface area (Å²) in [5, 5.41) is 45.7. The van der Waals surface area contributed by atoms with E-state index in [-0.39, 0.29) is 31.8 Å². The van der Waals surface area contributed by atoms with Crippen molar-refractivity contribution in [3.63, 3.8) is 0 Å². The number of hydrogen-bond donors (Lipinski definition) is 4. The molecule has 4 aliphatic rings. The van der Waals surface area contributed by atoms with Crippen LogP contribution in [0.5, 0.6) is 0 Å². The fourth-order valence-electron chi connectivity index (χ4n) is 8.35. The van der Waals surface area contributed by atoms with Gasteiger partial charge in [-0.05, 0) is 24.5 Å². The van der Waals surface area contributed by atoms with E-state index < -0.39 is 51.9 Å². The first-order valence-corrected chi connectivity index (χ1v) is 15.8. The van der Waals surface area contributed by atoms with Crippen molar-refractivity contribution in [3.8, 4) is 0 Å². The Balaban J connectivity index is 1.37. The predicted molar refractivity (Wildman–Crippen MR) is 153 cm³/mol. The number of rotatable bonds is 14. The SMILES string of the molecule is CCCCCCCCCCCCCC(=O)O[C@@H]1C[C@@]2(O)[C@@H](C=C(CO)C[C@]3(O)C(=O)C(C)=C[C@@H]23)[C@@H]2C(C)(C)[C@@]21O. The minimum absolute atomic E-state index is 0.0749. The van der Waals surface area contributed by atoms with Crippen LogP contribution in [0.25, 0.3) is 0 Å². The molecule has 7 nitrogen and oxygen atoms in total. The van der Waals surface area contributed by atoms with E-state index in [1.807, 2.05) is 13.8 Å². The standard InChI is InChI=1S/C33H52O7/c1-5-6-7-8-9-10-11-12-13-14-15-16-27(35)40-26-20-31(37)24(28-30(3,4)33(26,28)39)18-23(21-34)19-32(38)25(31)17-22(2)29(32)36/h17-18,24-26,28,34,37-39H,5-16,19-21H2,1-4H3/t24-,25-,26+,28+,31+,32+,33-/m0/s1. The maximum Gasteiger partial charge on any atom is 0.306 e. The van der Waals surface area contributed by atoms with Gasteiger partial charge in [0.1, 0.15) is 17.3 Å². The van der Waals surface area contributed by atoms with Gasteiger partial charge in [0.15, 0.2) is 5.78 Å². The Kier molecular flexibility index (Phi) is 9.41. The number of Topliss-reactive ketones (excluding diaryl/α,β-unsaturated/α-hetero) is 1. The highest BCUT2D eigenvalue weighted by molar-refractivity contribution is 6.04. The van der Waals surface area contributed by atoms with Crippen LogP contribution in [-0.2, 0) is 14.3 Å². The molecule has 2 saturated carbocycles. The number of carbonyl (C=O) groups is 2. The van der Waals surface area contributed by atoms with Gasteiger partial charge in [0.2, 0.25) is 0 Å². The van der Waals surface area contributed by atoms with Crippen molar-refractivity contribution < 1.29 is 34.8 Å². The second kappa shape index (κ2) is 12.0. The molecule has 4 N–H and O–H groups in total. The second-order valence-electron chi connectivity index (χ2n) is 13.8. The number of ketones is 1. The van der Waals surface area contributed by atoms with Crippen molar-refractivity contribution in [2.24, 2.45) is 23.2 Å². The topological polar surface area (TPSA) is 124 Å². The van der Waals surface area contributed by atoms with Crippen LogP contribution < -0.4 is 0 Å². The Morgan fingerprint density at radius 3 is 2.10 bits per heavy atom. The van der Waals surface area contributed by atoms with Crippen LogP contribution in [-0.4, -0.2) is 61.7 Å². The largest absolute Gasteiger partial charge is 0.459 e. The van der Waals surface area contributed by atoms with Gasteiger partial charge in [0.25, 0.3) is 0 Å². The molecule has 0 radical (unpaired) electrons. The summed E-state index contributed by atoms with van der Waals surface area (Å²) >= 11 is 0. The van der Waals surface area contributed by atoms with Crippen molar-refractivity contribution in [2.75, 3.05) is 6.61 Å². The van der Waals surface area contributed by atoms with E-state index in [0.29, 0.717) is 11.1 Å². The van der Waals surface area contributed by atoms with Crippen LogP contribution in [0.1, 0.15) is 118 Å². The summed E-state index contributed by atoms with van der Waals surface area (Å²) in [6.07, 6.45) is 15.5. The van der Waals surface area contributed by atoms with Crippen molar-refractivity contribution in [3.05, 3.63) is 23.3 Å². The summed E-state index contributed by atoms with van der Waals surface area (Å²) < 4.78 is 5.91. The molecule has 4 aliphatic carbocycles. The molecule has 0 aliphatic heterocycles. The van der Waals surface area contributed by atoms with E-state index in [1.54, 1.807) is 19.1 Å². The van der Waals surface area contributed by atoms with E-state index >= 15 is 0 Å². The van der Waals surface area contributed by atoms with E-state index in [9.17, 15) is 30.0 Å². The predicted octanol–water partition coefficient (Wildman–Crippen LogP) is 4.94. The molecule has 0 saturated heterocycles. The van der Waals surface area contributed by atoms with Gasteiger partial charge in [-0.2, -0.15) is 0 Å². The molecule has 0 unspecified atom stereocenters. The lowest BCUT2D eigenvalue weighted by molar-refractivity contribution is -0.195. The zero-order valence-corrected chi connectivity index (χ0v) is 25.1. The van der Waals surface area contributed by atoms with E-state index in [2.05, 4.69) is 6.92 Å². The molecule has 4 rings (SSSR count). The molecular formula is C33H52O7. The van der Waals surface area contributed by atoms with Crippen molar-refractivity contribution in [1.29, 1.82) is 0 Å². The van der Waals surface area contributed by atoms with Crippen LogP contribution in [0.2, 0.25) is 0 Å². The lowest BCUT2D eigenvalue weighted by Gasteiger charge is -2.48. The van der Waals surface area contributed by atoms with Gasteiger partial charge >= 0.3 is 5.97 Å². The zero-order valence-electron chi connectivity index (χ0n) is 25.1. The molecule has 0 bridgehead atoms. The minimum Gasteiger partial charge on any atom is -0.459 e. The highest BCUT2D eigenvalue weighted by Gasteiger charge is 2.83. The highest BCUT2D eigenvalue weighted by Crippen LogP contribution is 2.74. The number of carbonyl (C=O) groups excluding carboxylic acids is 2. The van der Waals surface area contributed by atoms with Gasteiger partial charge < -0.3 is 25.2 Å². The van der Waals surface area contributed by atoms with E-state index in [0.717, 1.165) is 19.3 Å². The molecule has 0 aromatic rings. The Bertz CT molecular complexity index is 1010. The third-order valence-electron chi connectivity index (χ3n) is 10.7. The summed E-state index contributed by atoms with van der Waals surface area (Å²) in [6, 6.07) is 0. The van der Waals surface area contributed by atoms with Crippen LogP contribution >= 0.6 is 0 Å². The first-order valence-electron chi connectivity index (χ1n) is 15.8. The average Bonchev–Trinajstić information content (AvgIpc) is 3.30. The van der Waals surface area contributed by atoms with E-state index in [4.69, 9.17) is 4.74 Å². The first kappa shape index (κ1) is 31.4. The van der Waals surface area contributed by atoms with Crippen LogP contribution in [0.3, 0.4) is 0 Å². The summed E-state index contributed by atoms with van der Waals surface area (Å²) in [6.45, 7) is 7.31. The summed E-state index contributed by atoms with van der Waals surface area (Å²) in [7, 11) is 0. The van der Waals surface area contributed by atoms with Crippen LogP contribution in [0, 0.1) is 23.2 Å². The summed E-state index contributed by atoms with van der Waals surface area (Å²) in [5.74, 6) is -2.82. The highest BCUT2D eigenvalue weighted by atomic mass is 16.6. The molecule has 7 heteroatoms. The average molecular weight is 561 g/mol. The Labute approximate surface area is 240 Å². The number of aliphatic hydroxyl groups is 4. The molecule has 0 aromatic carbocycles. The minimum atomic E-state index is -1.87.